The molecule has 0 bridgehead atoms. The summed E-state index contributed by atoms with van der Waals surface area (Å²) in [6.07, 6.45) is 3.80. The molecule has 1 aromatic carbocycles. The number of allylic oxidation sites excluding steroid dienone is 1. The lowest BCUT2D eigenvalue weighted by atomic mass is 10.0. The van der Waals surface area contributed by atoms with Crippen molar-refractivity contribution in [3.63, 3.8) is 0 Å². The predicted molar refractivity (Wildman–Crippen MR) is 122 cm³/mol. The molecule has 0 saturated carbocycles. The van der Waals surface area contributed by atoms with Gasteiger partial charge in [0.15, 0.2) is 0 Å². The SMILES string of the molecule is C=C(CCC)Nc1cc2c(N3CCNCC3)nc(-c3cc(F)ccc3C)cc2cn1. The maximum absolute atomic E-state index is 14.0. The van der Waals surface area contributed by atoms with Gasteiger partial charge in [0, 0.05) is 54.4 Å². The number of halogens is 1. The topological polar surface area (TPSA) is 53.1 Å². The second-order valence-corrected chi connectivity index (χ2v) is 7.80. The molecule has 1 aliphatic heterocycles. The molecule has 5 nitrogen and oxygen atoms in total. The van der Waals surface area contributed by atoms with E-state index < -0.39 is 0 Å². The summed E-state index contributed by atoms with van der Waals surface area (Å²) in [7, 11) is 0. The highest BCUT2D eigenvalue weighted by molar-refractivity contribution is 5.96. The van der Waals surface area contributed by atoms with E-state index >= 15 is 0 Å². The van der Waals surface area contributed by atoms with E-state index in [0.717, 1.165) is 83.9 Å². The largest absolute Gasteiger partial charge is 0.354 e. The van der Waals surface area contributed by atoms with E-state index in [0.29, 0.717) is 0 Å². The second kappa shape index (κ2) is 8.79. The fourth-order valence-corrected chi connectivity index (χ4v) is 3.87. The molecule has 1 aliphatic rings. The van der Waals surface area contributed by atoms with Gasteiger partial charge in [0.25, 0.3) is 0 Å². The van der Waals surface area contributed by atoms with Gasteiger partial charge in [-0.05, 0) is 43.2 Å². The Morgan fingerprint density at radius 1 is 1.23 bits per heavy atom. The number of nitrogens with one attached hydrogen (secondary N) is 2. The molecule has 3 heterocycles. The Bertz CT molecular complexity index is 1070. The first-order valence-electron chi connectivity index (χ1n) is 10.5. The van der Waals surface area contributed by atoms with Gasteiger partial charge < -0.3 is 15.5 Å². The van der Waals surface area contributed by atoms with Gasteiger partial charge in [-0.15, -0.1) is 0 Å². The monoisotopic (exact) mass is 405 g/mol. The average Bonchev–Trinajstić information content (AvgIpc) is 2.75. The first kappa shape index (κ1) is 20.3. The minimum absolute atomic E-state index is 0.256. The Morgan fingerprint density at radius 3 is 2.80 bits per heavy atom. The molecule has 0 radical (unpaired) electrons. The van der Waals surface area contributed by atoms with Crippen LogP contribution in [0.25, 0.3) is 22.0 Å². The molecular formula is C24H28FN5. The van der Waals surface area contributed by atoms with Gasteiger partial charge in [-0.2, -0.15) is 0 Å². The zero-order valence-corrected chi connectivity index (χ0v) is 17.6. The van der Waals surface area contributed by atoms with Crippen LogP contribution in [0.4, 0.5) is 16.0 Å². The third-order valence-electron chi connectivity index (χ3n) is 5.44. The quantitative estimate of drug-likeness (QED) is 0.612. The molecule has 0 spiro atoms. The molecule has 6 heteroatoms. The molecule has 0 unspecified atom stereocenters. The van der Waals surface area contributed by atoms with Gasteiger partial charge in [0.2, 0.25) is 0 Å². The lowest BCUT2D eigenvalue weighted by Crippen LogP contribution is -2.44. The van der Waals surface area contributed by atoms with Crippen LogP contribution in [0.3, 0.4) is 0 Å². The Morgan fingerprint density at radius 2 is 2.03 bits per heavy atom. The van der Waals surface area contributed by atoms with Crippen molar-refractivity contribution >= 4 is 22.4 Å². The van der Waals surface area contributed by atoms with Gasteiger partial charge in [0.1, 0.15) is 17.5 Å². The van der Waals surface area contributed by atoms with E-state index in [4.69, 9.17) is 4.98 Å². The van der Waals surface area contributed by atoms with E-state index in [1.807, 2.05) is 25.3 Å². The molecule has 156 valence electrons. The van der Waals surface area contributed by atoms with Crippen LogP contribution in [-0.2, 0) is 0 Å². The van der Waals surface area contributed by atoms with Crippen LogP contribution in [0.5, 0.6) is 0 Å². The number of aryl methyl sites for hydroxylation is 1. The first-order chi connectivity index (χ1) is 14.5. The van der Waals surface area contributed by atoms with Crippen LogP contribution in [0.2, 0.25) is 0 Å². The van der Waals surface area contributed by atoms with Crippen LogP contribution in [0.15, 0.2) is 48.8 Å². The minimum atomic E-state index is -0.256. The van der Waals surface area contributed by atoms with E-state index in [-0.39, 0.29) is 5.82 Å². The van der Waals surface area contributed by atoms with E-state index in [2.05, 4.69) is 34.0 Å². The van der Waals surface area contributed by atoms with Gasteiger partial charge in [0.05, 0.1) is 5.69 Å². The van der Waals surface area contributed by atoms with Crippen molar-refractivity contribution in [3.05, 3.63) is 60.2 Å². The first-order valence-corrected chi connectivity index (χ1v) is 10.5. The normalized spacial score (nSPS) is 14.2. The summed E-state index contributed by atoms with van der Waals surface area (Å²) in [6.45, 7) is 11.8. The van der Waals surface area contributed by atoms with Crippen molar-refractivity contribution in [1.29, 1.82) is 0 Å². The third kappa shape index (κ3) is 4.28. The van der Waals surface area contributed by atoms with Crippen molar-refractivity contribution in [1.82, 2.24) is 15.3 Å². The predicted octanol–water partition coefficient (Wildman–Crippen LogP) is 4.88. The summed E-state index contributed by atoms with van der Waals surface area (Å²) in [5.41, 5.74) is 3.53. The Hall–Kier alpha value is -2.99. The fraction of sp³-hybridized carbons (Fsp3) is 0.333. The number of benzene rings is 1. The number of fused-ring (bicyclic) bond motifs is 1. The molecule has 0 aliphatic carbocycles. The third-order valence-corrected chi connectivity index (χ3v) is 5.44. The van der Waals surface area contributed by atoms with Crippen molar-refractivity contribution < 1.29 is 4.39 Å². The van der Waals surface area contributed by atoms with E-state index in [1.165, 1.54) is 6.07 Å². The van der Waals surface area contributed by atoms with E-state index in [1.54, 1.807) is 12.1 Å². The Balaban J connectivity index is 1.84. The summed E-state index contributed by atoms with van der Waals surface area (Å²) in [5.74, 6) is 1.43. The molecule has 0 atom stereocenters. The van der Waals surface area contributed by atoms with Crippen molar-refractivity contribution in [2.45, 2.75) is 26.7 Å². The molecule has 0 amide bonds. The standard InChI is InChI=1S/C24H28FN5/c1-4-5-17(3)28-23-14-21-18(15-27-23)12-22(20-13-19(25)7-6-16(20)2)29-24(21)30-10-8-26-9-11-30/h6-7,12-15,26H,3-5,8-11H2,1-2H3,(H,27,28). The minimum Gasteiger partial charge on any atom is -0.354 e. The van der Waals surface area contributed by atoms with Crippen LogP contribution < -0.4 is 15.5 Å². The average molecular weight is 406 g/mol. The van der Waals surface area contributed by atoms with Crippen LogP contribution in [0.1, 0.15) is 25.3 Å². The molecule has 2 aromatic heterocycles. The summed E-state index contributed by atoms with van der Waals surface area (Å²) in [6, 6.07) is 8.89. The van der Waals surface area contributed by atoms with Gasteiger partial charge in [-0.1, -0.05) is 26.0 Å². The highest BCUT2D eigenvalue weighted by atomic mass is 19.1. The van der Waals surface area contributed by atoms with Crippen molar-refractivity contribution in [2.24, 2.45) is 0 Å². The molecular weight excluding hydrogens is 377 g/mol. The maximum atomic E-state index is 14.0. The summed E-state index contributed by atoms with van der Waals surface area (Å²) >= 11 is 0. The van der Waals surface area contributed by atoms with Crippen LogP contribution in [0, 0.1) is 12.7 Å². The zero-order valence-electron chi connectivity index (χ0n) is 17.6. The number of aromatic nitrogens is 2. The maximum Gasteiger partial charge on any atom is 0.137 e. The molecule has 2 N–H and O–H groups in total. The molecule has 30 heavy (non-hydrogen) atoms. The number of hydrogen-bond acceptors (Lipinski definition) is 5. The number of hydrogen-bond donors (Lipinski definition) is 2. The highest BCUT2D eigenvalue weighted by Crippen LogP contribution is 2.33. The molecule has 3 aromatic rings. The molecule has 1 saturated heterocycles. The molecule has 1 fully saturated rings. The fourth-order valence-electron chi connectivity index (χ4n) is 3.87. The Labute approximate surface area is 177 Å². The second-order valence-electron chi connectivity index (χ2n) is 7.80. The van der Waals surface area contributed by atoms with Crippen molar-refractivity contribution in [3.8, 4) is 11.3 Å². The lowest BCUT2D eigenvalue weighted by Gasteiger charge is -2.30. The number of pyridine rings is 2. The number of piperazine rings is 1. The Kier molecular flexibility index (Phi) is 5.95. The zero-order chi connectivity index (χ0) is 21.1. The van der Waals surface area contributed by atoms with Crippen molar-refractivity contribution in [2.75, 3.05) is 36.4 Å². The number of nitrogens with zero attached hydrogens (tertiary/aromatic N) is 3. The van der Waals surface area contributed by atoms with Gasteiger partial charge in [-0.3, -0.25) is 0 Å². The van der Waals surface area contributed by atoms with Crippen LogP contribution in [-0.4, -0.2) is 36.1 Å². The van der Waals surface area contributed by atoms with Gasteiger partial charge in [-0.25, -0.2) is 14.4 Å². The van der Waals surface area contributed by atoms with Crippen LogP contribution >= 0.6 is 0 Å². The van der Waals surface area contributed by atoms with E-state index in [9.17, 15) is 4.39 Å². The summed E-state index contributed by atoms with van der Waals surface area (Å²) in [5, 5.41) is 8.73. The molecule has 4 rings (SSSR count). The summed E-state index contributed by atoms with van der Waals surface area (Å²) < 4.78 is 14.0. The lowest BCUT2D eigenvalue weighted by molar-refractivity contribution is 0.586. The number of anilines is 2. The number of rotatable bonds is 6. The summed E-state index contributed by atoms with van der Waals surface area (Å²) in [4.78, 5) is 11.9. The van der Waals surface area contributed by atoms with Gasteiger partial charge >= 0.3 is 0 Å². The smallest absolute Gasteiger partial charge is 0.137 e. The highest BCUT2D eigenvalue weighted by Gasteiger charge is 2.18.